The Morgan fingerprint density at radius 3 is 2.21 bits per heavy atom. The minimum absolute atomic E-state index is 0.110. The summed E-state index contributed by atoms with van der Waals surface area (Å²) in [4.78, 5) is 12.4. The van der Waals surface area contributed by atoms with Crippen LogP contribution in [0.2, 0.25) is 5.02 Å². The number of carbonyl (C=O) groups is 1. The first-order chi connectivity index (χ1) is 13.9. The zero-order valence-corrected chi connectivity index (χ0v) is 16.8. The average molecular weight is 433 g/mol. The lowest BCUT2D eigenvalue weighted by molar-refractivity contribution is -0.116. The fourth-order valence-electron chi connectivity index (χ4n) is 2.68. The first kappa shape index (κ1) is 21.0. The third-order valence-electron chi connectivity index (χ3n) is 4.13. The van der Waals surface area contributed by atoms with Gasteiger partial charge >= 0.3 is 0 Å². The lowest BCUT2D eigenvalue weighted by Crippen LogP contribution is -2.37. The number of nitrogens with zero attached hydrogens (tertiary/aromatic N) is 1. The molecule has 0 bridgehead atoms. The molecule has 0 heterocycles. The van der Waals surface area contributed by atoms with Crippen LogP contribution in [0.3, 0.4) is 0 Å². The maximum Gasteiger partial charge on any atom is 0.243 e. The van der Waals surface area contributed by atoms with Gasteiger partial charge in [0.05, 0.1) is 11.4 Å². The van der Waals surface area contributed by atoms with E-state index in [-0.39, 0.29) is 11.4 Å². The number of amides is 1. The second-order valence-corrected chi connectivity index (χ2v) is 8.58. The smallest absolute Gasteiger partial charge is 0.243 e. The highest BCUT2D eigenvalue weighted by Crippen LogP contribution is 2.23. The van der Waals surface area contributed by atoms with Crippen LogP contribution in [0.5, 0.6) is 0 Å². The second-order valence-electron chi connectivity index (χ2n) is 6.23. The fraction of sp³-hybridized carbons (Fsp3) is 0.0952. The van der Waals surface area contributed by atoms with Crippen molar-refractivity contribution < 1.29 is 17.6 Å². The Hall–Kier alpha value is -2.74. The first-order valence-corrected chi connectivity index (χ1v) is 10.5. The number of anilines is 1. The van der Waals surface area contributed by atoms with Crippen molar-refractivity contribution in [3.8, 4) is 0 Å². The number of halogens is 2. The maximum atomic E-state index is 13.2. The van der Waals surface area contributed by atoms with Gasteiger partial charge in [0.15, 0.2) is 0 Å². The molecule has 8 heteroatoms. The molecular formula is C21H18ClFN2O3S. The number of para-hydroxylation sites is 1. The van der Waals surface area contributed by atoms with Gasteiger partial charge in [0, 0.05) is 17.3 Å². The van der Waals surface area contributed by atoms with Crippen LogP contribution in [0.4, 0.5) is 10.1 Å². The van der Waals surface area contributed by atoms with Gasteiger partial charge in [-0.3, -0.25) is 4.79 Å². The van der Waals surface area contributed by atoms with Gasteiger partial charge in [0.1, 0.15) is 5.82 Å². The van der Waals surface area contributed by atoms with Crippen molar-refractivity contribution in [1.29, 1.82) is 0 Å². The molecule has 3 aromatic rings. The molecule has 29 heavy (non-hydrogen) atoms. The van der Waals surface area contributed by atoms with E-state index in [2.05, 4.69) is 5.32 Å². The average Bonchev–Trinajstić information content (AvgIpc) is 2.70. The van der Waals surface area contributed by atoms with Crippen molar-refractivity contribution in [1.82, 2.24) is 4.31 Å². The fourth-order valence-corrected chi connectivity index (χ4v) is 4.25. The van der Waals surface area contributed by atoms with Gasteiger partial charge in [-0.05, 0) is 48.0 Å². The van der Waals surface area contributed by atoms with Crippen molar-refractivity contribution in [3.63, 3.8) is 0 Å². The summed E-state index contributed by atoms with van der Waals surface area (Å²) in [5, 5.41) is 3.05. The second kappa shape index (κ2) is 9.17. The van der Waals surface area contributed by atoms with Gasteiger partial charge in [-0.25, -0.2) is 12.8 Å². The standard InChI is InChI=1S/C21H18ClFN2O3S/c22-20-9-5-4-6-16(20)14-25(15-21(26)24-18-7-2-1-3-8-18)29(27,28)19-12-10-17(23)11-13-19/h1-13H,14-15H2,(H,24,26). The van der Waals surface area contributed by atoms with Gasteiger partial charge in [0.2, 0.25) is 15.9 Å². The van der Waals surface area contributed by atoms with E-state index in [1.54, 1.807) is 54.6 Å². The van der Waals surface area contributed by atoms with E-state index in [1.807, 2.05) is 0 Å². The van der Waals surface area contributed by atoms with E-state index < -0.39 is 28.3 Å². The van der Waals surface area contributed by atoms with E-state index in [9.17, 15) is 17.6 Å². The monoisotopic (exact) mass is 432 g/mol. The minimum Gasteiger partial charge on any atom is -0.325 e. The van der Waals surface area contributed by atoms with Crippen molar-refractivity contribution in [2.45, 2.75) is 11.4 Å². The molecule has 3 aromatic carbocycles. The highest BCUT2D eigenvalue weighted by Gasteiger charge is 2.27. The number of benzene rings is 3. The summed E-state index contributed by atoms with van der Waals surface area (Å²) in [7, 11) is -4.07. The molecule has 1 amide bonds. The molecule has 0 aliphatic rings. The topological polar surface area (TPSA) is 66.5 Å². The molecule has 0 aliphatic carbocycles. The molecule has 0 aromatic heterocycles. The first-order valence-electron chi connectivity index (χ1n) is 8.70. The SMILES string of the molecule is O=C(CN(Cc1ccccc1Cl)S(=O)(=O)c1ccc(F)cc1)Nc1ccccc1. The molecule has 0 unspecified atom stereocenters. The zero-order chi connectivity index (χ0) is 20.9. The Balaban J connectivity index is 1.89. The van der Waals surface area contributed by atoms with Crippen LogP contribution in [-0.2, 0) is 21.4 Å². The summed E-state index contributed by atoms with van der Waals surface area (Å²) in [6, 6.07) is 20.0. The molecule has 150 valence electrons. The minimum atomic E-state index is -4.07. The molecular weight excluding hydrogens is 415 g/mol. The number of carbonyl (C=O) groups excluding carboxylic acids is 1. The van der Waals surface area contributed by atoms with Gasteiger partial charge in [-0.15, -0.1) is 0 Å². The predicted molar refractivity (Wildman–Crippen MR) is 111 cm³/mol. The Labute approximate surface area is 173 Å². The third kappa shape index (κ3) is 5.41. The molecule has 0 atom stereocenters. The van der Waals surface area contributed by atoms with Crippen molar-refractivity contribution in [2.24, 2.45) is 0 Å². The quantitative estimate of drug-likeness (QED) is 0.605. The summed E-state index contributed by atoms with van der Waals surface area (Å²) < 4.78 is 40.5. The van der Waals surface area contributed by atoms with E-state index in [0.29, 0.717) is 16.3 Å². The Morgan fingerprint density at radius 1 is 0.931 bits per heavy atom. The van der Waals surface area contributed by atoms with E-state index in [0.717, 1.165) is 16.4 Å². The summed E-state index contributed by atoms with van der Waals surface area (Å²) in [6.45, 7) is -0.540. The van der Waals surface area contributed by atoms with E-state index in [4.69, 9.17) is 11.6 Å². The van der Waals surface area contributed by atoms with Crippen LogP contribution < -0.4 is 5.32 Å². The van der Waals surface area contributed by atoms with Gasteiger partial charge in [0.25, 0.3) is 0 Å². The van der Waals surface area contributed by atoms with E-state index >= 15 is 0 Å². The number of rotatable bonds is 7. The Kier molecular flexibility index (Phi) is 6.64. The Bertz CT molecular complexity index is 1090. The molecule has 0 aliphatic heterocycles. The van der Waals surface area contributed by atoms with Crippen LogP contribution in [-0.4, -0.2) is 25.2 Å². The number of sulfonamides is 1. The van der Waals surface area contributed by atoms with Crippen molar-refractivity contribution in [2.75, 3.05) is 11.9 Å². The summed E-state index contributed by atoms with van der Waals surface area (Å²) in [5.74, 6) is -1.06. The van der Waals surface area contributed by atoms with Crippen LogP contribution in [0.1, 0.15) is 5.56 Å². The predicted octanol–water partition coefficient (Wildman–Crippen LogP) is 4.31. The molecule has 0 saturated heterocycles. The molecule has 0 fully saturated rings. The van der Waals surface area contributed by atoms with Gasteiger partial charge in [-0.2, -0.15) is 4.31 Å². The molecule has 3 rings (SSSR count). The maximum absolute atomic E-state index is 13.2. The van der Waals surface area contributed by atoms with Gasteiger partial charge < -0.3 is 5.32 Å². The third-order valence-corrected chi connectivity index (χ3v) is 6.31. The largest absolute Gasteiger partial charge is 0.325 e. The lowest BCUT2D eigenvalue weighted by atomic mass is 10.2. The lowest BCUT2D eigenvalue weighted by Gasteiger charge is -2.22. The normalized spacial score (nSPS) is 11.4. The van der Waals surface area contributed by atoms with Crippen LogP contribution in [0, 0.1) is 5.82 Å². The Morgan fingerprint density at radius 2 is 1.55 bits per heavy atom. The highest BCUT2D eigenvalue weighted by molar-refractivity contribution is 7.89. The van der Waals surface area contributed by atoms with E-state index in [1.165, 1.54) is 12.1 Å². The van der Waals surface area contributed by atoms with Crippen LogP contribution >= 0.6 is 11.6 Å². The van der Waals surface area contributed by atoms with Crippen LogP contribution in [0.25, 0.3) is 0 Å². The molecule has 0 spiro atoms. The highest BCUT2D eigenvalue weighted by atomic mass is 35.5. The molecule has 1 N–H and O–H groups in total. The summed E-state index contributed by atoms with van der Waals surface area (Å²) >= 11 is 6.18. The zero-order valence-electron chi connectivity index (χ0n) is 15.3. The summed E-state index contributed by atoms with van der Waals surface area (Å²) in [5.41, 5.74) is 1.10. The van der Waals surface area contributed by atoms with Crippen molar-refractivity contribution in [3.05, 3.63) is 95.3 Å². The molecule has 0 radical (unpaired) electrons. The number of nitrogens with one attached hydrogen (secondary N) is 1. The molecule has 5 nitrogen and oxygen atoms in total. The van der Waals surface area contributed by atoms with Crippen LogP contribution in [0.15, 0.2) is 83.8 Å². The van der Waals surface area contributed by atoms with Gasteiger partial charge in [-0.1, -0.05) is 48.0 Å². The molecule has 0 saturated carbocycles. The van der Waals surface area contributed by atoms with Crippen molar-refractivity contribution >= 4 is 33.2 Å². The summed E-state index contributed by atoms with van der Waals surface area (Å²) in [6.07, 6.45) is 0. The number of hydrogen-bond donors (Lipinski definition) is 1. The number of hydrogen-bond acceptors (Lipinski definition) is 3.